The van der Waals surface area contributed by atoms with Gasteiger partial charge in [-0.1, -0.05) is 0 Å². The Kier molecular flexibility index (Phi) is 0.784. The smallest absolute Gasteiger partial charge is 0.197 e. The Morgan fingerprint density at radius 1 is 1.75 bits per heavy atom. The largest absolute Gasteiger partial charge is 0.364 e. The molecule has 0 amide bonds. The summed E-state index contributed by atoms with van der Waals surface area (Å²) in [5.41, 5.74) is 0. The lowest BCUT2D eigenvalue weighted by atomic mass is 10.8. The molecule has 8 heavy (non-hydrogen) atoms. The lowest BCUT2D eigenvalue weighted by molar-refractivity contribution is -0.305. The second kappa shape index (κ2) is 1.45. The van der Waals surface area contributed by atoms with Crippen LogP contribution in [-0.2, 0) is 0 Å². The summed E-state index contributed by atoms with van der Waals surface area (Å²) in [6.07, 6.45) is 5.90. The van der Waals surface area contributed by atoms with Crippen LogP contribution in [0.2, 0.25) is 0 Å². The van der Waals surface area contributed by atoms with Crippen LogP contribution in [0.3, 0.4) is 0 Å². The Morgan fingerprint density at radius 3 is 3.62 bits per heavy atom. The van der Waals surface area contributed by atoms with Gasteiger partial charge in [0.15, 0.2) is 6.20 Å². The van der Waals surface area contributed by atoms with Crippen molar-refractivity contribution in [3.8, 4) is 0 Å². The van der Waals surface area contributed by atoms with Gasteiger partial charge in [-0.2, -0.15) is 4.58 Å². The maximum Gasteiger partial charge on any atom is 0.364 e. The third-order valence-corrected chi connectivity index (χ3v) is 2.01. The van der Waals surface area contributed by atoms with E-state index in [2.05, 4.69) is 11.2 Å². The molecule has 2 rings (SSSR count). The van der Waals surface area contributed by atoms with Crippen molar-refractivity contribution < 1.29 is 4.58 Å². The second-order valence-electron chi connectivity index (χ2n) is 1.61. The zero-order valence-electron chi connectivity index (χ0n) is 4.24. The van der Waals surface area contributed by atoms with Gasteiger partial charge in [0, 0.05) is 0 Å². The van der Waals surface area contributed by atoms with Crippen molar-refractivity contribution in [2.45, 2.75) is 0 Å². The first-order valence-corrected chi connectivity index (χ1v) is 3.44. The number of rotatable bonds is 0. The first kappa shape index (κ1) is 4.32. The van der Waals surface area contributed by atoms with E-state index in [1.54, 1.807) is 11.8 Å². The summed E-state index contributed by atoms with van der Waals surface area (Å²) in [6.45, 7) is 0. The normalized spacial score (nSPS) is 23.0. The lowest BCUT2D eigenvalue weighted by Crippen LogP contribution is -2.00. The Hall–Kier alpha value is -0.570. The van der Waals surface area contributed by atoms with Crippen molar-refractivity contribution in [3.05, 3.63) is 12.4 Å². The van der Waals surface area contributed by atoms with Crippen LogP contribution in [0.25, 0.3) is 0 Å². The average molecular weight is 125 g/mol. The molecule has 0 aromatic rings. The van der Waals surface area contributed by atoms with Gasteiger partial charge in [0.05, 0.1) is 12.0 Å². The minimum Gasteiger partial charge on any atom is -0.197 e. The van der Waals surface area contributed by atoms with E-state index in [1.807, 2.05) is 17.0 Å². The SMILES string of the molecule is C1=C[N+]2=CCSC2=N1. The van der Waals surface area contributed by atoms with E-state index >= 15 is 0 Å². The van der Waals surface area contributed by atoms with Crippen LogP contribution in [-0.4, -0.2) is 21.7 Å². The highest BCUT2D eigenvalue weighted by atomic mass is 32.2. The molecule has 0 saturated heterocycles. The van der Waals surface area contributed by atoms with Gasteiger partial charge >= 0.3 is 5.17 Å². The van der Waals surface area contributed by atoms with Crippen molar-refractivity contribution in [2.75, 3.05) is 5.75 Å². The minimum atomic E-state index is 1.07. The molecular weight excluding hydrogens is 120 g/mol. The van der Waals surface area contributed by atoms with E-state index in [1.165, 1.54) is 0 Å². The second-order valence-corrected chi connectivity index (χ2v) is 2.60. The number of hydrogen-bond acceptors (Lipinski definition) is 2. The quantitative estimate of drug-likeness (QED) is 0.434. The van der Waals surface area contributed by atoms with Crippen molar-refractivity contribution in [2.24, 2.45) is 4.99 Å². The fourth-order valence-electron chi connectivity index (χ4n) is 0.742. The molecule has 0 aliphatic carbocycles. The van der Waals surface area contributed by atoms with Crippen molar-refractivity contribution in [3.63, 3.8) is 0 Å². The van der Waals surface area contributed by atoms with Crippen LogP contribution >= 0.6 is 11.8 Å². The van der Waals surface area contributed by atoms with E-state index in [-0.39, 0.29) is 0 Å². The molecule has 0 aromatic carbocycles. The number of fused-ring (bicyclic) bond motifs is 1. The summed E-state index contributed by atoms with van der Waals surface area (Å²) in [7, 11) is 0. The topological polar surface area (TPSA) is 15.4 Å². The van der Waals surface area contributed by atoms with Crippen LogP contribution in [0.1, 0.15) is 0 Å². The molecule has 0 aromatic heterocycles. The number of hydrogen-bond donors (Lipinski definition) is 0. The minimum absolute atomic E-state index is 1.07. The maximum atomic E-state index is 4.09. The predicted octanol–water partition coefficient (Wildman–Crippen LogP) is 0.657. The molecule has 0 fully saturated rings. The molecule has 0 saturated carbocycles. The van der Waals surface area contributed by atoms with Gasteiger partial charge in [0.2, 0.25) is 0 Å². The molecule has 2 heterocycles. The van der Waals surface area contributed by atoms with Crippen molar-refractivity contribution in [1.29, 1.82) is 0 Å². The van der Waals surface area contributed by atoms with Crippen LogP contribution in [0.15, 0.2) is 17.4 Å². The molecule has 0 bridgehead atoms. The van der Waals surface area contributed by atoms with Crippen LogP contribution in [0.5, 0.6) is 0 Å². The van der Waals surface area contributed by atoms with Gasteiger partial charge < -0.3 is 0 Å². The van der Waals surface area contributed by atoms with Crippen LogP contribution in [0, 0.1) is 0 Å². The molecule has 40 valence electrons. The van der Waals surface area contributed by atoms with Gasteiger partial charge in [-0.3, -0.25) is 0 Å². The van der Waals surface area contributed by atoms with E-state index in [4.69, 9.17) is 0 Å². The maximum absolute atomic E-state index is 4.09. The van der Waals surface area contributed by atoms with Crippen LogP contribution in [0.4, 0.5) is 0 Å². The van der Waals surface area contributed by atoms with Crippen molar-refractivity contribution in [1.82, 2.24) is 0 Å². The summed E-state index contributed by atoms with van der Waals surface area (Å²) < 4.78 is 2.05. The Balaban J connectivity index is 2.49. The van der Waals surface area contributed by atoms with E-state index in [0.29, 0.717) is 0 Å². The molecule has 0 unspecified atom stereocenters. The van der Waals surface area contributed by atoms with Gasteiger partial charge in [0.25, 0.3) is 0 Å². The fourth-order valence-corrected chi connectivity index (χ4v) is 1.55. The van der Waals surface area contributed by atoms with Gasteiger partial charge in [0.1, 0.15) is 6.20 Å². The summed E-state index contributed by atoms with van der Waals surface area (Å²) in [4.78, 5) is 4.09. The molecular formula is C5H5N2S+. The zero-order valence-corrected chi connectivity index (χ0v) is 5.06. The lowest BCUT2D eigenvalue weighted by Gasteiger charge is -1.78. The standard InChI is InChI=1S/C5H5N2S/c1-2-7-3-4-8-5(7)6-1/h1-3H,4H2/q+1. The summed E-state index contributed by atoms with van der Waals surface area (Å²) in [5.74, 6) is 1.07. The van der Waals surface area contributed by atoms with Gasteiger partial charge in [-0.05, 0) is 16.8 Å². The molecule has 0 spiro atoms. The molecule has 0 radical (unpaired) electrons. The number of nitrogens with zero attached hydrogens (tertiary/aromatic N) is 2. The Bertz CT molecular complexity index is 202. The third kappa shape index (κ3) is 0.448. The highest BCUT2D eigenvalue weighted by Crippen LogP contribution is 2.14. The molecule has 2 aliphatic heterocycles. The van der Waals surface area contributed by atoms with Crippen LogP contribution < -0.4 is 0 Å². The Morgan fingerprint density at radius 2 is 2.75 bits per heavy atom. The number of amidine groups is 1. The van der Waals surface area contributed by atoms with Crippen molar-refractivity contribution >= 4 is 23.1 Å². The third-order valence-electron chi connectivity index (χ3n) is 1.12. The zero-order chi connectivity index (χ0) is 5.40. The first-order chi connectivity index (χ1) is 3.97. The summed E-state index contributed by atoms with van der Waals surface area (Å²) >= 11 is 1.77. The van der Waals surface area contributed by atoms with Gasteiger partial charge in [-0.15, -0.1) is 0 Å². The monoisotopic (exact) mass is 125 g/mol. The molecule has 0 N–H and O–H groups in total. The molecule has 2 aliphatic rings. The number of thioether (sulfide) groups is 1. The fraction of sp³-hybridized carbons (Fsp3) is 0.200. The summed E-state index contributed by atoms with van der Waals surface area (Å²) in [6, 6.07) is 0. The Labute approximate surface area is 51.6 Å². The molecule has 3 heteroatoms. The van der Waals surface area contributed by atoms with E-state index in [0.717, 1.165) is 10.9 Å². The first-order valence-electron chi connectivity index (χ1n) is 2.46. The summed E-state index contributed by atoms with van der Waals surface area (Å²) in [5, 5.41) is 1.12. The highest BCUT2D eigenvalue weighted by molar-refractivity contribution is 8.14. The molecule has 2 nitrogen and oxygen atoms in total. The predicted molar refractivity (Wildman–Crippen MR) is 35.4 cm³/mol. The average Bonchev–Trinajstić information content (AvgIpc) is 2.15. The van der Waals surface area contributed by atoms with E-state index in [9.17, 15) is 0 Å². The van der Waals surface area contributed by atoms with E-state index < -0.39 is 0 Å². The highest BCUT2D eigenvalue weighted by Gasteiger charge is 2.22. The molecule has 0 atom stereocenters. The van der Waals surface area contributed by atoms with Gasteiger partial charge in [-0.25, -0.2) is 0 Å². The number of aliphatic imine (C=N–C) groups is 1.